The molecule has 1 aliphatic carbocycles. The van der Waals surface area contributed by atoms with Crippen molar-refractivity contribution < 1.29 is 0 Å². The van der Waals surface area contributed by atoms with Crippen molar-refractivity contribution in [2.45, 2.75) is 44.8 Å². The Kier molecular flexibility index (Phi) is 4.97. The summed E-state index contributed by atoms with van der Waals surface area (Å²) < 4.78 is 1.49. The summed E-state index contributed by atoms with van der Waals surface area (Å²) >= 11 is 0. The first-order valence-corrected chi connectivity index (χ1v) is 8.51. The summed E-state index contributed by atoms with van der Waals surface area (Å²) in [5, 5.41) is 0. The number of aromatic nitrogens is 2. The maximum Gasteiger partial charge on any atom is 0.354 e. The number of nitrogen functional groups attached to an aromatic ring is 1. The maximum absolute atomic E-state index is 11.9. The summed E-state index contributed by atoms with van der Waals surface area (Å²) in [5.74, 6) is 0.237. The first-order chi connectivity index (χ1) is 11.6. The molecule has 1 fully saturated rings. The summed E-state index contributed by atoms with van der Waals surface area (Å²) in [6.45, 7) is 4.11. The molecule has 6 heteroatoms. The van der Waals surface area contributed by atoms with Crippen LogP contribution in [0.2, 0.25) is 0 Å². The van der Waals surface area contributed by atoms with E-state index in [4.69, 9.17) is 11.5 Å². The number of anilines is 1. The molecule has 0 amide bonds. The van der Waals surface area contributed by atoms with Crippen LogP contribution in [0.4, 0.5) is 5.82 Å². The van der Waals surface area contributed by atoms with Crippen LogP contribution < -0.4 is 17.2 Å². The Morgan fingerprint density at radius 2 is 2.00 bits per heavy atom. The van der Waals surface area contributed by atoms with Crippen LogP contribution in [-0.4, -0.2) is 33.1 Å². The van der Waals surface area contributed by atoms with Crippen LogP contribution in [0.1, 0.15) is 31.7 Å². The molecule has 0 spiro atoms. The van der Waals surface area contributed by atoms with Crippen LogP contribution in [0.3, 0.4) is 0 Å². The zero-order valence-electron chi connectivity index (χ0n) is 14.1. The van der Waals surface area contributed by atoms with Crippen LogP contribution in [-0.2, 0) is 6.54 Å². The number of rotatable bonds is 5. The highest BCUT2D eigenvalue weighted by Gasteiger charge is 2.26. The molecule has 3 rings (SSSR count). The average molecular weight is 327 g/mol. The second-order valence-corrected chi connectivity index (χ2v) is 6.46. The van der Waals surface area contributed by atoms with Gasteiger partial charge in [0.1, 0.15) is 5.82 Å². The van der Waals surface area contributed by atoms with Crippen LogP contribution in [0.25, 0.3) is 5.69 Å². The molecular formula is C18H25N5O. The predicted octanol–water partition coefficient (Wildman–Crippen LogP) is 1.52. The molecule has 2 aromatic rings. The van der Waals surface area contributed by atoms with E-state index in [1.807, 2.05) is 12.1 Å². The van der Waals surface area contributed by atoms with Gasteiger partial charge in [0.05, 0.1) is 5.69 Å². The first kappa shape index (κ1) is 16.7. The minimum atomic E-state index is -0.363. The van der Waals surface area contributed by atoms with E-state index < -0.39 is 0 Å². The van der Waals surface area contributed by atoms with Gasteiger partial charge in [0, 0.05) is 24.8 Å². The second kappa shape index (κ2) is 7.15. The van der Waals surface area contributed by atoms with E-state index in [1.54, 1.807) is 12.3 Å². The normalized spacial score (nSPS) is 20.6. The quantitative estimate of drug-likeness (QED) is 0.869. The van der Waals surface area contributed by atoms with Crippen LogP contribution in [0.5, 0.6) is 0 Å². The molecule has 1 aromatic carbocycles. The van der Waals surface area contributed by atoms with Gasteiger partial charge in [-0.3, -0.25) is 9.47 Å². The number of hydrogen-bond donors (Lipinski definition) is 2. The molecule has 6 nitrogen and oxygen atoms in total. The SMILES string of the molecule is CCN(Cc1ccc(-n2ccc(N)nc2=O)cc1)[C@H]1CC[C@H](N)C1. The molecule has 0 bridgehead atoms. The second-order valence-electron chi connectivity index (χ2n) is 6.46. The molecule has 1 aliphatic rings. The van der Waals surface area contributed by atoms with Gasteiger partial charge in [0.2, 0.25) is 0 Å². The van der Waals surface area contributed by atoms with Crippen LogP contribution in [0.15, 0.2) is 41.3 Å². The molecule has 128 valence electrons. The van der Waals surface area contributed by atoms with Crippen molar-refractivity contribution in [2.24, 2.45) is 5.73 Å². The number of benzene rings is 1. The van der Waals surface area contributed by atoms with Crippen molar-refractivity contribution in [2.75, 3.05) is 12.3 Å². The lowest BCUT2D eigenvalue weighted by Gasteiger charge is -2.27. The summed E-state index contributed by atoms with van der Waals surface area (Å²) in [7, 11) is 0. The maximum atomic E-state index is 11.9. The van der Waals surface area contributed by atoms with Gasteiger partial charge in [0.25, 0.3) is 0 Å². The Labute approximate surface area is 142 Å². The van der Waals surface area contributed by atoms with E-state index in [0.717, 1.165) is 31.6 Å². The van der Waals surface area contributed by atoms with Crippen molar-refractivity contribution in [3.63, 3.8) is 0 Å². The third-order valence-electron chi connectivity index (χ3n) is 4.79. The molecule has 1 heterocycles. The number of nitrogens with zero attached hydrogens (tertiary/aromatic N) is 3. The molecule has 0 radical (unpaired) electrons. The summed E-state index contributed by atoms with van der Waals surface area (Å²) in [5.41, 5.74) is 13.2. The summed E-state index contributed by atoms with van der Waals surface area (Å²) in [6.07, 6.45) is 5.03. The highest BCUT2D eigenvalue weighted by Crippen LogP contribution is 2.24. The molecule has 0 unspecified atom stereocenters. The largest absolute Gasteiger partial charge is 0.383 e. The van der Waals surface area contributed by atoms with Gasteiger partial charge in [0.15, 0.2) is 0 Å². The molecule has 0 saturated heterocycles. The van der Waals surface area contributed by atoms with Gasteiger partial charge in [-0.05, 0) is 49.6 Å². The number of nitrogens with two attached hydrogens (primary N) is 2. The van der Waals surface area contributed by atoms with Crippen LogP contribution >= 0.6 is 0 Å². The minimum absolute atomic E-state index is 0.237. The Hall–Kier alpha value is -2.18. The Morgan fingerprint density at radius 3 is 2.58 bits per heavy atom. The fourth-order valence-corrected chi connectivity index (χ4v) is 3.43. The zero-order chi connectivity index (χ0) is 17.1. The molecule has 4 N–H and O–H groups in total. The van der Waals surface area contributed by atoms with E-state index >= 15 is 0 Å². The highest BCUT2D eigenvalue weighted by atomic mass is 16.1. The summed E-state index contributed by atoms with van der Waals surface area (Å²) in [6, 6.07) is 10.6. The minimum Gasteiger partial charge on any atom is -0.383 e. The lowest BCUT2D eigenvalue weighted by Crippen LogP contribution is -2.34. The third kappa shape index (κ3) is 3.66. The molecule has 1 saturated carbocycles. The topological polar surface area (TPSA) is 90.2 Å². The molecule has 24 heavy (non-hydrogen) atoms. The fourth-order valence-electron chi connectivity index (χ4n) is 3.43. The Bertz CT molecular complexity index is 740. The van der Waals surface area contributed by atoms with E-state index in [1.165, 1.54) is 16.6 Å². The Balaban J connectivity index is 1.73. The van der Waals surface area contributed by atoms with E-state index in [-0.39, 0.29) is 11.5 Å². The van der Waals surface area contributed by atoms with Crippen LogP contribution in [0, 0.1) is 0 Å². The van der Waals surface area contributed by atoms with Crippen molar-refractivity contribution in [1.29, 1.82) is 0 Å². The Morgan fingerprint density at radius 1 is 1.25 bits per heavy atom. The highest BCUT2D eigenvalue weighted by molar-refractivity contribution is 5.36. The lowest BCUT2D eigenvalue weighted by molar-refractivity contribution is 0.199. The predicted molar refractivity (Wildman–Crippen MR) is 95.9 cm³/mol. The third-order valence-corrected chi connectivity index (χ3v) is 4.79. The van der Waals surface area contributed by atoms with Crippen molar-refractivity contribution >= 4 is 5.82 Å². The molecular weight excluding hydrogens is 302 g/mol. The molecule has 0 aliphatic heterocycles. The van der Waals surface area contributed by atoms with E-state index in [2.05, 4.69) is 28.9 Å². The smallest absolute Gasteiger partial charge is 0.354 e. The van der Waals surface area contributed by atoms with Gasteiger partial charge in [-0.25, -0.2) is 4.79 Å². The van der Waals surface area contributed by atoms with E-state index in [0.29, 0.717) is 12.1 Å². The molecule has 1 aromatic heterocycles. The molecule has 2 atom stereocenters. The van der Waals surface area contributed by atoms with Crippen molar-refractivity contribution in [3.05, 3.63) is 52.6 Å². The summed E-state index contributed by atoms with van der Waals surface area (Å²) in [4.78, 5) is 18.1. The van der Waals surface area contributed by atoms with Crippen molar-refractivity contribution in [1.82, 2.24) is 14.5 Å². The van der Waals surface area contributed by atoms with Gasteiger partial charge in [-0.15, -0.1) is 0 Å². The standard InChI is InChI=1S/C18H25N5O/c1-2-22(16-8-5-14(19)11-16)12-13-3-6-15(7-4-13)23-10-9-17(20)21-18(23)24/h3-4,6-7,9-10,14,16H,2,5,8,11-12,19H2,1H3,(H2,20,21,24)/t14-,16-/m0/s1. The monoisotopic (exact) mass is 327 g/mol. The number of hydrogen-bond acceptors (Lipinski definition) is 5. The van der Waals surface area contributed by atoms with Gasteiger partial charge in [-0.1, -0.05) is 19.1 Å². The van der Waals surface area contributed by atoms with Gasteiger partial charge in [-0.2, -0.15) is 4.98 Å². The average Bonchev–Trinajstić information content (AvgIpc) is 3.00. The van der Waals surface area contributed by atoms with E-state index in [9.17, 15) is 4.79 Å². The zero-order valence-corrected chi connectivity index (χ0v) is 14.1. The van der Waals surface area contributed by atoms with Gasteiger partial charge >= 0.3 is 5.69 Å². The van der Waals surface area contributed by atoms with Gasteiger partial charge < -0.3 is 11.5 Å². The first-order valence-electron chi connectivity index (χ1n) is 8.51. The lowest BCUT2D eigenvalue weighted by atomic mass is 10.1. The van der Waals surface area contributed by atoms with Crippen molar-refractivity contribution in [3.8, 4) is 5.69 Å². The fraction of sp³-hybridized carbons (Fsp3) is 0.444.